The molecule has 0 aliphatic heterocycles. The molecule has 0 aliphatic carbocycles. The molecule has 1 amide bonds. The number of esters is 1. The van der Waals surface area contributed by atoms with Crippen molar-refractivity contribution in [1.82, 2.24) is 5.32 Å². The van der Waals surface area contributed by atoms with E-state index < -0.39 is 18.2 Å². The lowest BCUT2D eigenvalue weighted by molar-refractivity contribution is -0.151. The van der Waals surface area contributed by atoms with Crippen LogP contribution in [0.15, 0.2) is 97.2 Å². The number of rotatable bonds is 40. The average Bonchev–Trinajstić information content (AvgIpc) is 3.22. The Morgan fingerprint density at radius 1 is 0.534 bits per heavy atom. The Bertz CT molecular complexity index is 1180. The van der Waals surface area contributed by atoms with Crippen LogP contribution in [0.3, 0.4) is 0 Å². The van der Waals surface area contributed by atoms with Gasteiger partial charge in [-0.3, -0.25) is 9.59 Å². The first-order valence-corrected chi connectivity index (χ1v) is 23.5. The molecule has 0 saturated carbocycles. The minimum absolute atomic E-state index is 0.0324. The molecule has 6 heteroatoms. The molecule has 0 heterocycles. The van der Waals surface area contributed by atoms with Crippen LogP contribution >= 0.6 is 0 Å². The van der Waals surface area contributed by atoms with Gasteiger partial charge in [0.25, 0.3) is 0 Å². The zero-order chi connectivity index (χ0) is 42.4. The second-order valence-electron chi connectivity index (χ2n) is 15.5. The summed E-state index contributed by atoms with van der Waals surface area (Å²) in [6.07, 6.45) is 58.9. The Morgan fingerprint density at radius 3 is 1.62 bits per heavy atom. The third kappa shape index (κ3) is 39.6. The van der Waals surface area contributed by atoms with E-state index in [2.05, 4.69) is 92.9 Å². The Morgan fingerprint density at radius 2 is 1.02 bits per heavy atom. The number of amides is 1. The number of ether oxygens (including phenoxy) is 1. The molecule has 6 nitrogen and oxygen atoms in total. The molecule has 0 spiro atoms. The summed E-state index contributed by atoms with van der Waals surface area (Å²) < 4.78 is 5.88. The van der Waals surface area contributed by atoms with Gasteiger partial charge in [-0.05, 0) is 83.5 Å². The highest BCUT2D eigenvalue weighted by molar-refractivity contribution is 5.77. The topological polar surface area (TPSA) is 95.9 Å². The van der Waals surface area contributed by atoms with Gasteiger partial charge < -0.3 is 20.3 Å². The van der Waals surface area contributed by atoms with E-state index in [-0.39, 0.29) is 24.9 Å². The van der Waals surface area contributed by atoms with Gasteiger partial charge in [0.2, 0.25) is 5.91 Å². The molecule has 3 atom stereocenters. The van der Waals surface area contributed by atoms with Crippen molar-refractivity contribution in [2.45, 2.75) is 212 Å². The summed E-state index contributed by atoms with van der Waals surface area (Å²) in [5, 5.41) is 23.6. The van der Waals surface area contributed by atoms with Crippen molar-refractivity contribution in [2.24, 2.45) is 0 Å². The van der Waals surface area contributed by atoms with E-state index in [4.69, 9.17) is 4.74 Å². The van der Waals surface area contributed by atoms with E-state index in [9.17, 15) is 19.8 Å². The van der Waals surface area contributed by atoms with E-state index in [1.165, 1.54) is 44.9 Å². The first-order valence-electron chi connectivity index (χ1n) is 23.5. The van der Waals surface area contributed by atoms with E-state index >= 15 is 0 Å². The highest BCUT2D eigenvalue weighted by Crippen LogP contribution is 2.16. The summed E-state index contributed by atoms with van der Waals surface area (Å²) >= 11 is 0. The van der Waals surface area contributed by atoms with Crippen molar-refractivity contribution in [2.75, 3.05) is 6.61 Å². The fraction of sp³-hybridized carbons (Fsp3) is 0.654. The molecule has 58 heavy (non-hydrogen) atoms. The van der Waals surface area contributed by atoms with Crippen LogP contribution in [0.25, 0.3) is 0 Å². The molecular weight excluding hydrogens is 719 g/mol. The standard InChI is InChI=1S/C52H87NO5/c1-4-7-10-13-16-19-22-24-25-26-28-30-33-36-39-42-45-52(57)58-48(43-40-37-34-31-29-27-23-20-17-14-11-8-5-2)46-51(56)53-49(47-54)50(55)44-41-38-35-32-21-18-15-12-9-6-3/h7-8,10-11,14,16-17,19-20,23-25,27-30,48-50,54-55H,4-6,9,12-13,15,18,21-22,26,31-47H2,1-3H3,(H,53,56)/b10-7+,11-8+,17-14+,19-16+,23-20+,25-24+,29-27-,30-28+. The average molecular weight is 806 g/mol. The molecule has 0 rings (SSSR count). The van der Waals surface area contributed by atoms with Crippen molar-refractivity contribution in [3.8, 4) is 0 Å². The Labute approximate surface area is 356 Å². The van der Waals surface area contributed by atoms with Gasteiger partial charge in [-0.2, -0.15) is 0 Å². The second kappa shape index (κ2) is 44.9. The van der Waals surface area contributed by atoms with Crippen LogP contribution in [0.2, 0.25) is 0 Å². The molecule has 0 aromatic heterocycles. The lowest BCUT2D eigenvalue weighted by Crippen LogP contribution is -2.46. The van der Waals surface area contributed by atoms with Crippen LogP contribution in [0.5, 0.6) is 0 Å². The van der Waals surface area contributed by atoms with Gasteiger partial charge in [0, 0.05) is 6.42 Å². The van der Waals surface area contributed by atoms with Crippen LogP contribution in [-0.4, -0.2) is 46.9 Å². The first kappa shape index (κ1) is 54.8. The third-order valence-corrected chi connectivity index (χ3v) is 10.0. The largest absolute Gasteiger partial charge is 0.462 e. The molecule has 0 bridgehead atoms. The molecule has 0 radical (unpaired) electrons. The number of aliphatic hydroxyl groups excluding tert-OH is 2. The van der Waals surface area contributed by atoms with Gasteiger partial charge >= 0.3 is 5.97 Å². The van der Waals surface area contributed by atoms with E-state index in [0.29, 0.717) is 19.3 Å². The fourth-order valence-electron chi connectivity index (χ4n) is 6.49. The number of aliphatic hydroxyl groups is 2. The second-order valence-corrected chi connectivity index (χ2v) is 15.5. The number of unbranched alkanes of at least 4 members (excludes halogenated alkanes) is 15. The predicted octanol–water partition coefficient (Wildman–Crippen LogP) is 13.8. The molecule has 0 fully saturated rings. The smallest absolute Gasteiger partial charge is 0.306 e. The quantitative estimate of drug-likeness (QED) is 0.0248. The molecule has 0 aliphatic rings. The minimum atomic E-state index is -0.808. The van der Waals surface area contributed by atoms with E-state index in [1.807, 2.05) is 30.4 Å². The maximum absolute atomic E-state index is 13.1. The zero-order valence-corrected chi connectivity index (χ0v) is 37.4. The van der Waals surface area contributed by atoms with Gasteiger partial charge in [-0.25, -0.2) is 0 Å². The van der Waals surface area contributed by atoms with Crippen LogP contribution < -0.4 is 5.32 Å². The van der Waals surface area contributed by atoms with Crippen molar-refractivity contribution in [3.05, 3.63) is 97.2 Å². The summed E-state index contributed by atoms with van der Waals surface area (Å²) in [6.45, 7) is 6.17. The molecular formula is C52H87NO5. The minimum Gasteiger partial charge on any atom is -0.462 e. The summed E-state index contributed by atoms with van der Waals surface area (Å²) in [5.74, 6) is -0.562. The lowest BCUT2D eigenvalue weighted by Gasteiger charge is -2.24. The highest BCUT2D eigenvalue weighted by atomic mass is 16.5. The van der Waals surface area contributed by atoms with Crippen LogP contribution in [-0.2, 0) is 14.3 Å². The Kier molecular flexibility index (Phi) is 42.4. The van der Waals surface area contributed by atoms with Crippen molar-refractivity contribution in [3.63, 3.8) is 0 Å². The molecule has 3 N–H and O–H groups in total. The monoisotopic (exact) mass is 806 g/mol. The third-order valence-electron chi connectivity index (χ3n) is 10.0. The highest BCUT2D eigenvalue weighted by Gasteiger charge is 2.24. The Balaban J connectivity index is 4.74. The summed E-state index contributed by atoms with van der Waals surface area (Å²) in [4.78, 5) is 26.0. The predicted molar refractivity (Wildman–Crippen MR) is 250 cm³/mol. The van der Waals surface area contributed by atoms with Crippen molar-refractivity contribution >= 4 is 11.9 Å². The molecule has 3 unspecified atom stereocenters. The fourth-order valence-corrected chi connectivity index (χ4v) is 6.49. The Hall–Kier alpha value is -3.22. The van der Waals surface area contributed by atoms with Crippen LogP contribution in [0, 0.1) is 0 Å². The van der Waals surface area contributed by atoms with Gasteiger partial charge in [0.15, 0.2) is 0 Å². The number of carbonyl (C=O) groups is 2. The maximum atomic E-state index is 13.1. The van der Waals surface area contributed by atoms with Gasteiger partial charge in [-0.1, -0.05) is 195 Å². The van der Waals surface area contributed by atoms with Crippen LogP contribution in [0.4, 0.5) is 0 Å². The summed E-state index contributed by atoms with van der Waals surface area (Å²) in [5.41, 5.74) is 0. The van der Waals surface area contributed by atoms with E-state index in [1.54, 1.807) is 0 Å². The van der Waals surface area contributed by atoms with Crippen molar-refractivity contribution < 1.29 is 24.5 Å². The van der Waals surface area contributed by atoms with Crippen LogP contribution in [0.1, 0.15) is 194 Å². The number of allylic oxidation sites excluding steroid dienone is 16. The summed E-state index contributed by atoms with van der Waals surface area (Å²) in [7, 11) is 0. The number of hydrogen-bond acceptors (Lipinski definition) is 5. The summed E-state index contributed by atoms with van der Waals surface area (Å²) in [6, 6.07) is -0.725. The number of hydrogen-bond donors (Lipinski definition) is 3. The van der Waals surface area contributed by atoms with Gasteiger partial charge in [-0.15, -0.1) is 0 Å². The van der Waals surface area contributed by atoms with Gasteiger partial charge in [0.05, 0.1) is 25.2 Å². The number of carbonyl (C=O) groups excluding carboxylic acids is 2. The maximum Gasteiger partial charge on any atom is 0.306 e. The molecule has 0 aromatic rings. The zero-order valence-electron chi connectivity index (χ0n) is 37.4. The number of nitrogens with one attached hydrogen (secondary N) is 1. The first-order chi connectivity index (χ1) is 28.5. The lowest BCUT2D eigenvalue weighted by atomic mass is 10.0. The molecule has 0 saturated heterocycles. The van der Waals surface area contributed by atoms with Gasteiger partial charge in [0.1, 0.15) is 6.10 Å². The SMILES string of the molecule is CC/C=C/C=C/C=C/C=C\CCCCCC(CC(=O)NC(CO)C(O)CCCCCCCCCCCC)OC(=O)CCCCC/C=C/C/C=C/C/C=C/C/C=C/CC. The van der Waals surface area contributed by atoms with Crippen molar-refractivity contribution in [1.29, 1.82) is 0 Å². The molecule has 330 valence electrons. The van der Waals surface area contributed by atoms with E-state index in [0.717, 1.165) is 103 Å². The normalized spacial score (nSPS) is 14.2. The molecule has 0 aromatic carbocycles.